The third-order valence-electron chi connectivity index (χ3n) is 6.99. The number of carbonyl (C=O) groups is 1. The first-order valence-electron chi connectivity index (χ1n) is 11.9. The number of aromatic nitrogens is 1. The molecular weight excluding hydrogens is 412 g/mol. The molecule has 0 radical (unpaired) electrons. The van der Waals surface area contributed by atoms with Crippen molar-refractivity contribution in [1.29, 1.82) is 5.26 Å². The number of hydrogen-bond acceptors (Lipinski definition) is 4. The molecule has 2 aliphatic rings. The van der Waals surface area contributed by atoms with Crippen LogP contribution in [-0.4, -0.2) is 59.2 Å². The van der Waals surface area contributed by atoms with E-state index in [-0.39, 0.29) is 17.6 Å². The first-order valence-corrected chi connectivity index (χ1v) is 11.9. The van der Waals surface area contributed by atoms with E-state index in [1.807, 2.05) is 4.90 Å². The van der Waals surface area contributed by atoms with Gasteiger partial charge in [-0.1, -0.05) is 24.3 Å². The Hall–Kier alpha value is -2.88. The molecule has 0 spiro atoms. The van der Waals surface area contributed by atoms with Gasteiger partial charge in [0.15, 0.2) is 0 Å². The van der Waals surface area contributed by atoms with Gasteiger partial charge in [-0.15, -0.1) is 0 Å². The van der Waals surface area contributed by atoms with Gasteiger partial charge in [0, 0.05) is 57.3 Å². The summed E-state index contributed by atoms with van der Waals surface area (Å²) in [6, 6.07) is 12.7. The van der Waals surface area contributed by atoms with Crippen LogP contribution >= 0.6 is 0 Å². The van der Waals surface area contributed by atoms with Crippen LogP contribution in [-0.2, 0) is 22.6 Å². The van der Waals surface area contributed by atoms with Crippen molar-refractivity contribution in [3.05, 3.63) is 64.0 Å². The largest absolute Gasteiger partial charge is 0.376 e. The molecular formula is C27H34N4O2. The van der Waals surface area contributed by atoms with Gasteiger partial charge in [-0.2, -0.15) is 5.26 Å². The summed E-state index contributed by atoms with van der Waals surface area (Å²) in [6.07, 6.45) is 4.21. The first-order chi connectivity index (χ1) is 16.0. The lowest BCUT2D eigenvalue weighted by atomic mass is 10.1. The standard InChI is InChI=1S/C27H34N4O2/c1-20-7-4-5-8-23(20)18-29-10-12-30(13-11-29)27(32)25(17-28)16-24-15-21(2)31(22(24)3)19-26-9-6-14-33-26/h4-5,7-8,15-16,26H,6,9-14,18-19H2,1-3H3/b25-16+. The molecule has 1 aromatic carbocycles. The molecule has 2 aromatic rings. The molecule has 6 nitrogen and oxygen atoms in total. The van der Waals surface area contributed by atoms with Crippen molar-refractivity contribution in [3.63, 3.8) is 0 Å². The molecule has 2 aliphatic heterocycles. The fourth-order valence-electron chi connectivity index (χ4n) is 4.85. The van der Waals surface area contributed by atoms with E-state index >= 15 is 0 Å². The van der Waals surface area contributed by atoms with Crippen LogP contribution in [0.3, 0.4) is 0 Å². The maximum Gasteiger partial charge on any atom is 0.264 e. The molecule has 3 heterocycles. The minimum Gasteiger partial charge on any atom is -0.376 e. The number of carbonyl (C=O) groups excluding carboxylic acids is 1. The summed E-state index contributed by atoms with van der Waals surface area (Å²) >= 11 is 0. The van der Waals surface area contributed by atoms with Gasteiger partial charge in [0.05, 0.1) is 6.10 Å². The highest BCUT2D eigenvalue weighted by atomic mass is 16.5. The van der Waals surface area contributed by atoms with Crippen LogP contribution in [0.4, 0.5) is 0 Å². The van der Waals surface area contributed by atoms with Crippen molar-refractivity contribution < 1.29 is 9.53 Å². The Morgan fingerprint density at radius 3 is 2.61 bits per heavy atom. The summed E-state index contributed by atoms with van der Waals surface area (Å²) < 4.78 is 8.04. The first kappa shape index (κ1) is 23.3. The van der Waals surface area contributed by atoms with Crippen LogP contribution < -0.4 is 0 Å². The van der Waals surface area contributed by atoms with Crippen LogP contribution in [0.25, 0.3) is 6.08 Å². The minimum absolute atomic E-state index is 0.169. The highest BCUT2D eigenvalue weighted by molar-refractivity contribution is 6.01. The second kappa shape index (κ2) is 10.4. The number of nitriles is 1. The van der Waals surface area contributed by atoms with E-state index in [1.165, 1.54) is 11.1 Å². The number of benzene rings is 1. The van der Waals surface area contributed by atoms with Crippen molar-refractivity contribution in [2.45, 2.75) is 52.8 Å². The Morgan fingerprint density at radius 1 is 1.18 bits per heavy atom. The third kappa shape index (κ3) is 5.38. The maximum absolute atomic E-state index is 13.1. The van der Waals surface area contributed by atoms with Crippen molar-refractivity contribution in [3.8, 4) is 6.07 Å². The molecule has 0 bridgehead atoms. The van der Waals surface area contributed by atoms with Gasteiger partial charge in [-0.25, -0.2) is 0 Å². The topological polar surface area (TPSA) is 61.5 Å². The molecule has 33 heavy (non-hydrogen) atoms. The number of ether oxygens (including phenoxy) is 1. The normalized spacial score (nSPS) is 19.6. The number of nitrogens with zero attached hydrogens (tertiary/aromatic N) is 4. The minimum atomic E-state index is -0.169. The lowest BCUT2D eigenvalue weighted by Gasteiger charge is -2.34. The number of amides is 1. The van der Waals surface area contributed by atoms with Gasteiger partial charge >= 0.3 is 0 Å². The summed E-state index contributed by atoms with van der Waals surface area (Å²) in [6.45, 7) is 11.7. The SMILES string of the molecule is Cc1ccccc1CN1CCN(C(=O)/C(C#N)=C/c2cc(C)n(CC3CCCO3)c2C)CC1. The van der Waals surface area contributed by atoms with Gasteiger partial charge < -0.3 is 14.2 Å². The van der Waals surface area contributed by atoms with Gasteiger partial charge in [0.25, 0.3) is 5.91 Å². The molecule has 0 aliphatic carbocycles. The van der Waals surface area contributed by atoms with Crippen LogP contribution in [0.1, 0.15) is 40.9 Å². The van der Waals surface area contributed by atoms with Gasteiger partial charge in [-0.05, 0) is 62.4 Å². The fraction of sp³-hybridized carbons (Fsp3) is 0.481. The molecule has 6 heteroatoms. The Labute approximate surface area is 197 Å². The van der Waals surface area contributed by atoms with Crippen molar-refractivity contribution in [1.82, 2.24) is 14.4 Å². The van der Waals surface area contributed by atoms with E-state index in [2.05, 4.69) is 66.6 Å². The third-order valence-corrected chi connectivity index (χ3v) is 6.99. The molecule has 174 valence electrons. The fourth-order valence-corrected chi connectivity index (χ4v) is 4.85. The molecule has 1 unspecified atom stereocenters. The Bertz CT molecular complexity index is 1060. The average Bonchev–Trinajstić information content (AvgIpc) is 3.43. The summed E-state index contributed by atoms with van der Waals surface area (Å²) in [4.78, 5) is 17.3. The molecule has 1 atom stereocenters. The van der Waals surface area contributed by atoms with Gasteiger partial charge in [-0.3, -0.25) is 9.69 Å². The van der Waals surface area contributed by atoms with Crippen molar-refractivity contribution in [2.75, 3.05) is 32.8 Å². The van der Waals surface area contributed by atoms with E-state index < -0.39 is 0 Å². The smallest absolute Gasteiger partial charge is 0.264 e. The summed E-state index contributed by atoms with van der Waals surface area (Å²) in [5.74, 6) is -0.169. The lowest BCUT2D eigenvalue weighted by Crippen LogP contribution is -2.48. The van der Waals surface area contributed by atoms with Crippen LogP contribution in [0.5, 0.6) is 0 Å². The van der Waals surface area contributed by atoms with E-state index in [9.17, 15) is 10.1 Å². The predicted octanol–water partition coefficient (Wildman–Crippen LogP) is 3.84. The van der Waals surface area contributed by atoms with Crippen LogP contribution in [0.2, 0.25) is 0 Å². The second-order valence-corrected chi connectivity index (χ2v) is 9.24. The zero-order chi connectivity index (χ0) is 23.4. The quantitative estimate of drug-likeness (QED) is 0.500. The van der Waals surface area contributed by atoms with Crippen molar-refractivity contribution >= 4 is 12.0 Å². The monoisotopic (exact) mass is 446 g/mol. The predicted molar refractivity (Wildman–Crippen MR) is 130 cm³/mol. The lowest BCUT2D eigenvalue weighted by molar-refractivity contribution is -0.128. The van der Waals surface area contributed by atoms with Crippen LogP contribution in [0.15, 0.2) is 35.9 Å². The van der Waals surface area contributed by atoms with E-state index in [1.54, 1.807) is 6.08 Å². The number of aryl methyl sites for hydroxylation is 2. The highest BCUT2D eigenvalue weighted by Crippen LogP contribution is 2.23. The molecule has 2 saturated heterocycles. The molecule has 1 aromatic heterocycles. The molecule has 1 amide bonds. The summed E-state index contributed by atoms with van der Waals surface area (Å²) in [7, 11) is 0. The molecule has 0 N–H and O–H groups in total. The van der Waals surface area contributed by atoms with E-state index in [4.69, 9.17) is 4.74 Å². The van der Waals surface area contributed by atoms with E-state index in [0.717, 1.165) is 62.6 Å². The Morgan fingerprint density at radius 2 is 1.94 bits per heavy atom. The number of piperazine rings is 1. The van der Waals surface area contributed by atoms with E-state index in [0.29, 0.717) is 13.1 Å². The van der Waals surface area contributed by atoms with Crippen molar-refractivity contribution in [2.24, 2.45) is 0 Å². The highest BCUT2D eigenvalue weighted by Gasteiger charge is 2.25. The molecule has 0 saturated carbocycles. The number of hydrogen-bond donors (Lipinski definition) is 0. The average molecular weight is 447 g/mol. The summed E-state index contributed by atoms with van der Waals surface area (Å²) in [5, 5.41) is 9.76. The zero-order valence-electron chi connectivity index (χ0n) is 20.0. The molecule has 2 fully saturated rings. The Balaban J connectivity index is 1.40. The molecule has 4 rings (SSSR count). The van der Waals surface area contributed by atoms with Crippen LogP contribution in [0, 0.1) is 32.1 Å². The number of rotatable bonds is 6. The van der Waals surface area contributed by atoms with Gasteiger partial charge in [0.1, 0.15) is 11.6 Å². The second-order valence-electron chi connectivity index (χ2n) is 9.24. The Kier molecular flexibility index (Phi) is 7.32. The summed E-state index contributed by atoms with van der Waals surface area (Å²) in [5.41, 5.74) is 5.97. The maximum atomic E-state index is 13.1. The van der Waals surface area contributed by atoms with Gasteiger partial charge in [0.2, 0.25) is 0 Å². The zero-order valence-corrected chi connectivity index (χ0v) is 20.0.